The van der Waals surface area contributed by atoms with Gasteiger partial charge in [-0.05, 0) is 37.6 Å². The van der Waals surface area contributed by atoms with Crippen LogP contribution in [0.2, 0.25) is 0 Å². The van der Waals surface area contributed by atoms with Crippen molar-refractivity contribution in [3.8, 4) is 0 Å². The average Bonchev–Trinajstić information content (AvgIpc) is 2.29. The Morgan fingerprint density at radius 1 is 1.35 bits per heavy atom. The van der Waals surface area contributed by atoms with Crippen molar-refractivity contribution in [1.29, 1.82) is 0 Å². The van der Waals surface area contributed by atoms with E-state index in [0.29, 0.717) is 6.42 Å². The van der Waals surface area contributed by atoms with Gasteiger partial charge in [-0.25, -0.2) is 0 Å². The van der Waals surface area contributed by atoms with E-state index in [2.05, 4.69) is 27.0 Å². The molecule has 88 valence electrons. The van der Waals surface area contributed by atoms with Gasteiger partial charge in [-0.3, -0.25) is 9.78 Å². The van der Waals surface area contributed by atoms with Gasteiger partial charge in [0, 0.05) is 21.5 Å². The van der Waals surface area contributed by atoms with Crippen LogP contribution in [0.25, 0.3) is 10.9 Å². The molecule has 0 aliphatic rings. The lowest BCUT2D eigenvalue weighted by Crippen LogP contribution is -2.10. The van der Waals surface area contributed by atoms with Crippen LogP contribution < -0.4 is 0 Å². The highest BCUT2D eigenvalue weighted by molar-refractivity contribution is 9.10. The molecule has 0 radical (unpaired) electrons. The first kappa shape index (κ1) is 12.2. The first-order valence-corrected chi connectivity index (χ1v) is 6.41. The van der Waals surface area contributed by atoms with E-state index in [4.69, 9.17) is 0 Å². The second kappa shape index (κ2) is 4.96. The molecular weight excluding hydrogens is 278 g/mol. The van der Waals surface area contributed by atoms with E-state index < -0.39 is 0 Å². The zero-order chi connectivity index (χ0) is 12.4. The van der Waals surface area contributed by atoms with Crippen molar-refractivity contribution in [3.05, 3.63) is 40.5 Å². The monoisotopic (exact) mass is 291 g/mol. The average molecular weight is 292 g/mol. The van der Waals surface area contributed by atoms with Gasteiger partial charge in [0.05, 0.1) is 5.52 Å². The standard InChI is InChI=1S/C14H14BrNO/c1-9(10(2)17)7-13-5-3-11-8-12(15)4-6-14(11)16-13/h3-6,8-9H,7H2,1-2H3. The summed E-state index contributed by atoms with van der Waals surface area (Å²) in [6.07, 6.45) is 0.710. The second-order valence-electron chi connectivity index (χ2n) is 4.36. The molecule has 0 spiro atoms. The molecule has 2 aromatic rings. The highest BCUT2D eigenvalue weighted by Gasteiger charge is 2.09. The molecule has 0 N–H and O–H groups in total. The minimum atomic E-state index is 0.0374. The number of Topliss-reactive ketones (excluding diaryl/α,β-unsaturated/α-hetero) is 1. The third-order valence-corrected chi connectivity index (χ3v) is 3.41. The zero-order valence-electron chi connectivity index (χ0n) is 9.90. The summed E-state index contributed by atoms with van der Waals surface area (Å²) in [5, 5.41) is 1.11. The predicted molar refractivity (Wildman–Crippen MR) is 73.0 cm³/mol. The lowest BCUT2D eigenvalue weighted by molar-refractivity contribution is -0.120. The topological polar surface area (TPSA) is 30.0 Å². The van der Waals surface area contributed by atoms with Crippen LogP contribution in [0.1, 0.15) is 19.5 Å². The molecule has 0 saturated carbocycles. The van der Waals surface area contributed by atoms with Crippen LogP contribution in [0, 0.1) is 5.92 Å². The molecule has 3 heteroatoms. The Morgan fingerprint density at radius 3 is 2.82 bits per heavy atom. The molecule has 0 fully saturated rings. The number of rotatable bonds is 3. The van der Waals surface area contributed by atoms with E-state index in [1.165, 1.54) is 0 Å². The molecular formula is C14H14BrNO. The van der Waals surface area contributed by atoms with E-state index >= 15 is 0 Å². The summed E-state index contributed by atoms with van der Waals surface area (Å²) < 4.78 is 1.05. The molecule has 1 aromatic heterocycles. The largest absolute Gasteiger partial charge is 0.300 e. The molecule has 0 aliphatic carbocycles. The van der Waals surface area contributed by atoms with Crippen LogP contribution in [0.3, 0.4) is 0 Å². The Hall–Kier alpha value is -1.22. The fourth-order valence-corrected chi connectivity index (χ4v) is 2.09. The molecule has 0 aliphatic heterocycles. The van der Waals surface area contributed by atoms with Crippen molar-refractivity contribution >= 4 is 32.6 Å². The van der Waals surface area contributed by atoms with Gasteiger partial charge in [-0.2, -0.15) is 0 Å². The molecule has 2 nitrogen and oxygen atoms in total. The Labute approximate surface area is 109 Å². The predicted octanol–water partition coefficient (Wildman–Crippen LogP) is 3.76. The van der Waals surface area contributed by atoms with Crippen LogP contribution in [0.4, 0.5) is 0 Å². The van der Waals surface area contributed by atoms with Crippen LogP contribution in [0.5, 0.6) is 0 Å². The van der Waals surface area contributed by atoms with E-state index in [1.54, 1.807) is 6.92 Å². The SMILES string of the molecule is CC(=O)C(C)Cc1ccc2cc(Br)ccc2n1. The Kier molecular flexibility index (Phi) is 3.57. The molecule has 1 heterocycles. The van der Waals surface area contributed by atoms with Gasteiger partial charge in [0.15, 0.2) is 0 Å². The number of benzene rings is 1. The fraction of sp³-hybridized carbons (Fsp3) is 0.286. The van der Waals surface area contributed by atoms with Crippen molar-refractivity contribution in [2.75, 3.05) is 0 Å². The highest BCUT2D eigenvalue weighted by Crippen LogP contribution is 2.19. The smallest absolute Gasteiger partial charge is 0.133 e. The molecule has 1 aromatic carbocycles. The number of pyridine rings is 1. The molecule has 0 bridgehead atoms. The summed E-state index contributed by atoms with van der Waals surface area (Å²) >= 11 is 3.44. The fourth-order valence-electron chi connectivity index (χ4n) is 1.71. The van der Waals surface area contributed by atoms with Gasteiger partial charge in [0.2, 0.25) is 0 Å². The minimum Gasteiger partial charge on any atom is -0.300 e. The number of halogens is 1. The summed E-state index contributed by atoms with van der Waals surface area (Å²) in [7, 11) is 0. The van der Waals surface area contributed by atoms with Gasteiger partial charge in [0.25, 0.3) is 0 Å². The number of carbonyl (C=O) groups is 1. The number of carbonyl (C=O) groups excluding carboxylic acids is 1. The number of nitrogens with zero attached hydrogens (tertiary/aromatic N) is 1. The summed E-state index contributed by atoms with van der Waals surface area (Å²) in [5.74, 6) is 0.248. The normalized spacial score (nSPS) is 12.6. The first-order valence-electron chi connectivity index (χ1n) is 5.62. The summed E-state index contributed by atoms with van der Waals surface area (Å²) in [4.78, 5) is 15.8. The Morgan fingerprint density at radius 2 is 2.12 bits per heavy atom. The maximum atomic E-state index is 11.2. The molecule has 17 heavy (non-hydrogen) atoms. The Bertz CT molecular complexity index is 565. The van der Waals surface area contributed by atoms with Gasteiger partial charge in [-0.1, -0.05) is 28.9 Å². The van der Waals surface area contributed by atoms with Crippen LogP contribution in [-0.2, 0) is 11.2 Å². The summed E-state index contributed by atoms with van der Waals surface area (Å²) in [6.45, 7) is 3.57. The Balaban J connectivity index is 2.32. The van der Waals surface area contributed by atoms with Crippen molar-refractivity contribution < 1.29 is 4.79 Å². The maximum absolute atomic E-state index is 11.2. The third kappa shape index (κ3) is 2.91. The van der Waals surface area contributed by atoms with E-state index in [0.717, 1.165) is 21.1 Å². The van der Waals surface area contributed by atoms with Crippen LogP contribution in [0.15, 0.2) is 34.8 Å². The summed E-state index contributed by atoms with van der Waals surface area (Å²) in [5.41, 5.74) is 1.95. The van der Waals surface area contributed by atoms with Crippen LogP contribution in [-0.4, -0.2) is 10.8 Å². The minimum absolute atomic E-state index is 0.0374. The van der Waals surface area contributed by atoms with Gasteiger partial charge >= 0.3 is 0 Å². The lowest BCUT2D eigenvalue weighted by atomic mass is 10.0. The lowest BCUT2D eigenvalue weighted by Gasteiger charge is -2.07. The van der Waals surface area contributed by atoms with Crippen LogP contribution >= 0.6 is 15.9 Å². The maximum Gasteiger partial charge on any atom is 0.133 e. The molecule has 1 unspecified atom stereocenters. The quantitative estimate of drug-likeness (QED) is 0.862. The van der Waals surface area contributed by atoms with Gasteiger partial charge < -0.3 is 0 Å². The number of fused-ring (bicyclic) bond motifs is 1. The molecule has 1 atom stereocenters. The van der Waals surface area contributed by atoms with Gasteiger partial charge in [-0.15, -0.1) is 0 Å². The van der Waals surface area contributed by atoms with Crippen molar-refractivity contribution in [3.63, 3.8) is 0 Å². The first-order chi connectivity index (χ1) is 8.06. The number of ketones is 1. The third-order valence-electron chi connectivity index (χ3n) is 2.92. The number of aromatic nitrogens is 1. The van der Waals surface area contributed by atoms with Crippen molar-refractivity contribution in [2.45, 2.75) is 20.3 Å². The molecule has 2 rings (SSSR count). The van der Waals surface area contributed by atoms with Crippen molar-refractivity contribution in [1.82, 2.24) is 4.98 Å². The number of hydrogen-bond acceptors (Lipinski definition) is 2. The molecule has 0 saturated heterocycles. The van der Waals surface area contributed by atoms with E-state index in [1.807, 2.05) is 31.2 Å². The van der Waals surface area contributed by atoms with Crippen molar-refractivity contribution in [2.24, 2.45) is 5.92 Å². The number of hydrogen-bond donors (Lipinski definition) is 0. The highest BCUT2D eigenvalue weighted by atomic mass is 79.9. The second-order valence-corrected chi connectivity index (χ2v) is 5.27. The molecule has 0 amide bonds. The van der Waals surface area contributed by atoms with Gasteiger partial charge in [0.1, 0.15) is 5.78 Å². The van der Waals surface area contributed by atoms with E-state index in [-0.39, 0.29) is 11.7 Å². The summed E-state index contributed by atoms with van der Waals surface area (Å²) in [6, 6.07) is 10.1. The zero-order valence-corrected chi connectivity index (χ0v) is 11.5. The van der Waals surface area contributed by atoms with E-state index in [9.17, 15) is 4.79 Å².